The van der Waals surface area contributed by atoms with Gasteiger partial charge in [0.2, 0.25) is 5.91 Å². The Morgan fingerprint density at radius 2 is 1.61 bits per heavy atom. The third-order valence-electron chi connectivity index (χ3n) is 5.08. The molecule has 0 aliphatic rings. The summed E-state index contributed by atoms with van der Waals surface area (Å²) >= 11 is 0. The molecule has 1 amide bonds. The third-order valence-corrected chi connectivity index (χ3v) is 6.87. The van der Waals surface area contributed by atoms with E-state index in [1.807, 2.05) is 45.0 Å². The van der Waals surface area contributed by atoms with E-state index in [0.717, 1.165) is 27.6 Å². The van der Waals surface area contributed by atoms with Crippen molar-refractivity contribution in [2.75, 3.05) is 17.5 Å². The van der Waals surface area contributed by atoms with Crippen LogP contribution in [0.15, 0.2) is 77.7 Å². The van der Waals surface area contributed by atoms with Gasteiger partial charge in [0.1, 0.15) is 18.1 Å². The molecule has 0 saturated carbocycles. The molecule has 0 aromatic heterocycles. The lowest BCUT2D eigenvalue weighted by Gasteiger charge is -2.25. The fraction of sp³-hybridized carbons (Fsp3) is 0.240. The Bertz CT molecular complexity index is 1180. The van der Waals surface area contributed by atoms with Crippen LogP contribution >= 0.6 is 0 Å². The molecule has 3 aromatic rings. The van der Waals surface area contributed by atoms with E-state index in [4.69, 9.17) is 4.74 Å². The Morgan fingerprint density at radius 1 is 1.00 bits per heavy atom. The van der Waals surface area contributed by atoms with E-state index in [2.05, 4.69) is 5.32 Å². The number of aryl methyl sites for hydroxylation is 1. The Kier molecular flexibility index (Phi) is 7.71. The van der Waals surface area contributed by atoms with Crippen LogP contribution in [0, 0.1) is 12.7 Å². The maximum absolute atomic E-state index is 13.4. The van der Waals surface area contributed by atoms with Crippen molar-refractivity contribution in [2.45, 2.75) is 31.7 Å². The van der Waals surface area contributed by atoms with Crippen LogP contribution < -0.4 is 14.4 Å². The average molecular weight is 471 g/mol. The van der Waals surface area contributed by atoms with Crippen LogP contribution in [0.1, 0.15) is 31.0 Å². The summed E-state index contributed by atoms with van der Waals surface area (Å²) in [4.78, 5) is 12.8. The monoisotopic (exact) mass is 470 g/mol. The van der Waals surface area contributed by atoms with E-state index < -0.39 is 28.3 Å². The molecule has 0 bridgehead atoms. The van der Waals surface area contributed by atoms with E-state index in [0.29, 0.717) is 18.0 Å². The summed E-state index contributed by atoms with van der Waals surface area (Å²) in [6.45, 7) is 5.68. The molecule has 0 fully saturated rings. The number of carbonyl (C=O) groups is 1. The van der Waals surface area contributed by atoms with Crippen molar-refractivity contribution in [2.24, 2.45) is 0 Å². The first-order valence-electron chi connectivity index (χ1n) is 10.6. The standard InChI is InChI=1S/C25H27FN2O4S/c1-4-32-23-13-11-22(12-14-23)28(33(30,31)24-15-9-21(26)10-16-24)17-25(29)27-19(3)20-7-5-18(2)6-8-20/h5-16,19H,4,17H2,1-3H3,(H,27,29)/t19-/m1/s1. The molecule has 0 saturated heterocycles. The Labute approximate surface area is 194 Å². The molecule has 0 heterocycles. The summed E-state index contributed by atoms with van der Waals surface area (Å²) in [5.74, 6) is -0.438. The smallest absolute Gasteiger partial charge is 0.264 e. The molecule has 0 radical (unpaired) electrons. The van der Waals surface area contributed by atoms with E-state index in [-0.39, 0.29) is 10.9 Å². The lowest BCUT2D eigenvalue weighted by atomic mass is 10.1. The first kappa shape index (κ1) is 24.3. The first-order chi connectivity index (χ1) is 15.7. The van der Waals surface area contributed by atoms with E-state index in [9.17, 15) is 17.6 Å². The van der Waals surface area contributed by atoms with Gasteiger partial charge in [0.15, 0.2) is 0 Å². The van der Waals surface area contributed by atoms with Crippen molar-refractivity contribution in [1.82, 2.24) is 5.32 Å². The van der Waals surface area contributed by atoms with Gasteiger partial charge in [0, 0.05) is 0 Å². The van der Waals surface area contributed by atoms with Crippen LogP contribution in [-0.2, 0) is 14.8 Å². The summed E-state index contributed by atoms with van der Waals surface area (Å²) < 4.78 is 46.6. The molecule has 6 nitrogen and oxygen atoms in total. The van der Waals surface area contributed by atoms with Gasteiger partial charge in [-0.3, -0.25) is 9.10 Å². The van der Waals surface area contributed by atoms with Gasteiger partial charge in [0.25, 0.3) is 10.0 Å². The lowest BCUT2D eigenvalue weighted by molar-refractivity contribution is -0.120. The number of rotatable bonds is 9. The maximum Gasteiger partial charge on any atom is 0.264 e. The van der Waals surface area contributed by atoms with Crippen LogP contribution in [0.5, 0.6) is 5.75 Å². The highest BCUT2D eigenvalue weighted by Gasteiger charge is 2.28. The Balaban J connectivity index is 1.88. The quantitative estimate of drug-likeness (QED) is 0.496. The van der Waals surface area contributed by atoms with E-state index in [1.165, 1.54) is 12.1 Å². The van der Waals surface area contributed by atoms with Crippen molar-refractivity contribution >= 4 is 21.6 Å². The minimum atomic E-state index is -4.13. The molecular weight excluding hydrogens is 443 g/mol. The largest absolute Gasteiger partial charge is 0.494 e. The number of ether oxygens (including phenoxy) is 1. The highest BCUT2D eigenvalue weighted by Crippen LogP contribution is 2.26. The molecular formula is C25H27FN2O4S. The highest BCUT2D eigenvalue weighted by atomic mass is 32.2. The van der Waals surface area contributed by atoms with Gasteiger partial charge in [-0.1, -0.05) is 29.8 Å². The number of benzene rings is 3. The SMILES string of the molecule is CCOc1ccc(N(CC(=O)N[C@H](C)c2ccc(C)cc2)S(=O)(=O)c2ccc(F)cc2)cc1. The number of sulfonamides is 1. The number of amides is 1. The van der Waals surface area contributed by atoms with Gasteiger partial charge < -0.3 is 10.1 Å². The van der Waals surface area contributed by atoms with Crippen molar-refractivity contribution in [1.29, 1.82) is 0 Å². The third kappa shape index (κ3) is 6.10. The number of nitrogens with zero attached hydrogens (tertiary/aromatic N) is 1. The number of carbonyl (C=O) groups excluding carboxylic acids is 1. The van der Waals surface area contributed by atoms with Crippen molar-refractivity contribution in [3.63, 3.8) is 0 Å². The van der Waals surface area contributed by atoms with Gasteiger partial charge in [-0.2, -0.15) is 0 Å². The molecule has 1 N–H and O–H groups in total. The van der Waals surface area contributed by atoms with Crippen LogP contribution in [0.3, 0.4) is 0 Å². The van der Waals surface area contributed by atoms with Gasteiger partial charge in [-0.25, -0.2) is 12.8 Å². The number of hydrogen-bond acceptors (Lipinski definition) is 4. The van der Waals surface area contributed by atoms with Crippen molar-refractivity contribution in [3.05, 3.63) is 89.7 Å². The topological polar surface area (TPSA) is 75.7 Å². The predicted octanol–water partition coefficient (Wildman–Crippen LogP) is 4.61. The number of nitrogens with one attached hydrogen (secondary N) is 1. The van der Waals surface area contributed by atoms with Gasteiger partial charge >= 0.3 is 0 Å². The van der Waals surface area contributed by atoms with Crippen LogP contribution in [-0.4, -0.2) is 27.5 Å². The van der Waals surface area contributed by atoms with Gasteiger partial charge in [0.05, 0.1) is 23.2 Å². The first-order valence-corrected chi connectivity index (χ1v) is 12.0. The molecule has 174 valence electrons. The van der Waals surface area contributed by atoms with Gasteiger partial charge in [-0.05, 0) is 74.9 Å². The Hall–Kier alpha value is -3.39. The average Bonchev–Trinajstić information content (AvgIpc) is 2.79. The molecule has 33 heavy (non-hydrogen) atoms. The zero-order valence-corrected chi connectivity index (χ0v) is 19.6. The zero-order chi connectivity index (χ0) is 24.0. The summed E-state index contributed by atoms with van der Waals surface area (Å²) in [7, 11) is -4.13. The second kappa shape index (κ2) is 10.5. The Morgan fingerprint density at radius 3 is 2.18 bits per heavy atom. The summed E-state index contributed by atoms with van der Waals surface area (Å²) in [6, 6.07) is 18.3. The fourth-order valence-electron chi connectivity index (χ4n) is 3.28. The zero-order valence-electron chi connectivity index (χ0n) is 18.8. The van der Waals surface area contributed by atoms with Crippen molar-refractivity contribution < 1.29 is 22.3 Å². The number of halogens is 1. The molecule has 0 aliphatic heterocycles. The molecule has 3 rings (SSSR count). The highest BCUT2D eigenvalue weighted by molar-refractivity contribution is 7.92. The summed E-state index contributed by atoms with van der Waals surface area (Å²) in [5, 5.41) is 2.85. The second-order valence-corrected chi connectivity index (χ2v) is 9.45. The summed E-state index contributed by atoms with van der Waals surface area (Å²) in [5.41, 5.74) is 2.30. The number of anilines is 1. The maximum atomic E-state index is 13.4. The summed E-state index contributed by atoms with van der Waals surface area (Å²) in [6.07, 6.45) is 0. The van der Waals surface area contributed by atoms with Crippen LogP contribution in [0.4, 0.5) is 10.1 Å². The molecule has 0 aliphatic carbocycles. The number of hydrogen-bond donors (Lipinski definition) is 1. The molecule has 0 unspecified atom stereocenters. The van der Waals surface area contributed by atoms with Crippen LogP contribution in [0.25, 0.3) is 0 Å². The molecule has 3 aromatic carbocycles. The normalized spacial score (nSPS) is 12.1. The van der Waals surface area contributed by atoms with E-state index >= 15 is 0 Å². The molecule has 0 spiro atoms. The second-order valence-electron chi connectivity index (χ2n) is 7.59. The molecule has 1 atom stereocenters. The molecule has 8 heteroatoms. The fourth-order valence-corrected chi connectivity index (χ4v) is 4.70. The van der Waals surface area contributed by atoms with E-state index in [1.54, 1.807) is 24.3 Å². The van der Waals surface area contributed by atoms with Crippen LogP contribution in [0.2, 0.25) is 0 Å². The lowest BCUT2D eigenvalue weighted by Crippen LogP contribution is -2.41. The van der Waals surface area contributed by atoms with Crippen molar-refractivity contribution in [3.8, 4) is 5.75 Å². The van der Waals surface area contributed by atoms with Gasteiger partial charge in [-0.15, -0.1) is 0 Å². The minimum absolute atomic E-state index is 0.114. The minimum Gasteiger partial charge on any atom is -0.494 e. The predicted molar refractivity (Wildman–Crippen MR) is 126 cm³/mol.